The number of hydrogen-bond donors (Lipinski definition) is 0. The molecular weight excluding hydrogens is 620 g/mol. The predicted molar refractivity (Wildman–Crippen MR) is 164 cm³/mol. The number of hydrogen-bond acceptors (Lipinski definition) is 9. The molecule has 0 N–H and O–H groups in total. The number of benzene rings is 4. The van der Waals surface area contributed by atoms with Crippen molar-refractivity contribution in [1.82, 2.24) is 0 Å². The fourth-order valence-electron chi connectivity index (χ4n) is 4.12. The Morgan fingerprint density at radius 3 is 1.66 bits per heavy atom. The first-order chi connectivity index (χ1) is 22.7. The Balaban J connectivity index is 0.000000256. The Labute approximate surface area is 268 Å². The molecule has 0 amide bonds. The summed E-state index contributed by atoms with van der Waals surface area (Å²) < 4.78 is 68.8. The van der Waals surface area contributed by atoms with Gasteiger partial charge in [-0.2, -0.15) is 23.7 Å². The fourth-order valence-corrected chi connectivity index (χ4v) is 4.12. The lowest BCUT2D eigenvalue weighted by molar-refractivity contribution is -0.139. The second-order valence-corrected chi connectivity index (χ2v) is 9.13. The van der Waals surface area contributed by atoms with Gasteiger partial charge in [0.15, 0.2) is 28.7 Å². The lowest BCUT2D eigenvalue weighted by Gasteiger charge is -2.14. The van der Waals surface area contributed by atoms with Gasteiger partial charge in [0, 0.05) is 11.1 Å². The second-order valence-electron chi connectivity index (χ2n) is 9.13. The zero-order valence-electron chi connectivity index (χ0n) is 25.4. The normalized spacial score (nSPS) is 11.3. The van der Waals surface area contributed by atoms with Crippen molar-refractivity contribution in [2.45, 2.75) is 19.4 Å². The highest BCUT2D eigenvalue weighted by Crippen LogP contribution is 2.36. The van der Waals surface area contributed by atoms with E-state index < -0.39 is 17.6 Å². The van der Waals surface area contributed by atoms with Crippen LogP contribution in [0.15, 0.2) is 101 Å². The van der Waals surface area contributed by atoms with E-state index in [1.54, 1.807) is 54.6 Å². The van der Waals surface area contributed by atoms with Crippen LogP contribution in [0.5, 0.6) is 17.2 Å². The third kappa shape index (κ3) is 9.70. The highest BCUT2D eigenvalue weighted by atomic mass is 19.4. The highest BCUT2D eigenvalue weighted by molar-refractivity contribution is 6.12. The smallest absolute Gasteiger partial charge is 0.419 e. The number of para-hydroxylation sites is 2. The zero-order chi connectivity index (χ0) is 34.2. The molecule has 9 nitrogen and oxygen atoms in total. The van der Waals surface area contributed by atoms with Gasteiger partial charge in [0.05, 0.1) is 12.7 Å². The van der Waals surface area contributed by atoms with Crippen LogP contribution in [0.25, 0.3) is 0 Å². The number of halogens is 4. The van der Waals surface area contributed by atoms with Crippen LogP contribution in [0.1, 0.15) is 27.8 Å². The number of nitrogens with zero attached hydrogens (tertiary/aromatic N) is 4. The van der Waals surface area contributed by atoms with Crippen molar-refractivity contribution in [2.24, 2.45) is 10.3 Å². The molecule has 0 fully saturated rings. The summed E-state index contributed by atoms with van der Waals surface area (Å²) in [6.45, 7) is -0.0917. The zero-order valence-corrected chi connectivity index (χ0v) is 25.4. The molecular formula is C34H28F4N4O5. The molecule has 4 aromatic carbocycles. The minimum absolute atomic E-state index is 0.0146. The van der Waals surface area contributed by atoms with Crippen molar-refractivity contribution in [1.29, 1.82) is 10.5 Å². The fraction of sp³-hybridized carbons (Fsp3) is 0.176. The molecule has 4 rings (SSSR count). The van der Waals surface area contributed by atoms with E-state index in [1.165, 1.54) is 51.7 Å². The summed E-state index contributed by atoms with van der Waals surface area (Å²) >= 11 is 0. The van der Waals surface area contributed by atoms with Gasteiger partial charge in [-0.05, 0) is 35.4 Å². The maximum Gasteiger partial charge on any atom is 0.419 e. The van der Waals surface area contributed by atoms with Crippen LogP contribution in [0.2, 0.25) is 0 Å². The summed E-state index contributed by atoms with van der Waals surface area (Å²) in [6, 6.07) is 26.9. The number of ether oxygens (including phenoxy) is 3. The Morgan fingerprint density at radius 2 is 1.15 bits per heavy atom. The van der Waals surface area contributed by atoms with Crippen LogP contribution < -0.4 is 14.2 Å². The van der Waals surface area contributed by atoms with Crippen LogP contribution in [-0.4, -0.2) is 32.8 Å². The van der Waals surface area contributed by atoms with E-state index in [1.807, 2.05) is 12.1 Å². The van der Waals surface area contributed by atoms with E-state index in [9.17, 15) is 17.6 Å². The molecule has 0 radical (unpaired) electrons. The van der Waals surface area contributed by atoms with E-state index in [0.717, 1.165) is 6.07 Å². The molecule has 0 atom stereocenters. The lowest BCUT2D eigenvalue weighted by atomic mass is 10.0. The Morgan fingerprint density at radius 1 is 0.660 bits per heavy atom. The van der Waals surface area contributed by atoms with Crippen LogP contribution >= 0.6 is 0 Å². The van der Waals surface area contributed by atoms with E-state index in [4.69, 9.17) is 24.7 Å². The first kappa shape index (κ1) is 35.4. The maximum atomic E-state index is 13.9. The standard InChI is InChI=1S/C17H13F3N2O2.C17H15FN2O3/c1-23-22-15(10-21)13-7-3-2-6-12(13)11-24-16-9-5-4-8-14(16)17(18,19)20;1-21-16-9-5-8-14(18)17(16)23-11-12-6-3-4-7-13(12)15(10-19)20-22-2/h2-9H,11H2,1H3;3-9H,11H2,1-2H3. The van der Waals surface area contributed by atoms with E-state index in [2.05, 4.69) is 20.0 Å². The van der Waals surface area contributed by atoms with Crippen LogP contribution in [-0.2, 0) is 29.1 Å². The third-order valence-electron chi connectivity index (χ3n) is 6.22. The number of methoxy groups -OCH3 is 1. The average molecular weight is 649 g/mol. The number of rotatable bonds is 11. The molecule has 0 aliphatic heterocycles. The highest BCUT2D eigenvalue weighted by Gasteiger charge is 2.34. The molecule has 0 aromatic heterocycles. The molecule has 0 bridgehead atoms. The van der Waals surface area contributed by atoms with Gasteiger partial charge >= 0.3 is 6.18 Å². The molecule has 4 aromatic rings. The van der Waals surface area contributed by atoms with Gasteiger partial charge in [-0.15, -0.1) is 0 Å². The summed E-state index contributed by atoms with van der Waals surface area (Å²) in [5, 5.41) is 25.6. The quantitative estimate of drug-likeness (QED) is 0.0942. The summed E-state index contributed by atoms with van der Waals surface area (Å²) in [7, 11) is 4.10. The van der Waals surface area contributed by atoms with Gasteiger partial charge in [0.1, 0.15) is 45.3 Å². The predicted octanol–water partition coefficient (Wildman–Crippen LogP) is 7.45. The van der Waals surface area contributed by atoms with Crippen LogP contribution in [0, 0.1) is 28.5 Å². The second kappa shape index (κ2) is 17.4. The van der Waals surface area contributed by atoms with E-state index >= 15 is 0 Å². The number of nitriles is 2. The van der Waals surface area contributed by atoms with Gasteiger partial charge < -0.3 is 23.9 Å². The summed E-state index contributed by atoms with van der Waals surface area (Å²) in [6.07, 6.45) is -4.51. The third-order valence-corrected chi connectivity index (χ3v) is 6.22. The summed E-state index contributed by atoms with van der Waals surface area (Å²) in [5.74, 6) is -0.476. The molecule has 0 aliphatic rings. The minimum atomic E-state index is -4.51. The molecule has 242 valence electrons. The van der Waals surface area contributed by atoms with Crippen molar-refractivity contribution < 1.29 is 41.4 Å². The van der Waals surface area contributed by atoms with Gasteiger partial charge in [-0.1, -0.05) is 77.0 Å². The Bertz CT molecular complexity index is 1800. The lowest BCUT2D eigenvalue weighted by Crippen LogP contribution is -2.10. The monoisotopic (exact) mass is 648 g/mol. The topological polar surface area (TPSA) is 118 Å². The largest absolute Gasteiger partial charge is 0.493 e. The van der Waals surface area contributed by atoms with Gasteiger partial charge in [0.25, 0.3) is 0 Å². The van der Waals surface area contributed by atoms with Crippen LogP contribution in [0.3, 0.4) is 0 Å². The molecule has 47 heavy (non-hydrogen) atoms. The van der Waals surface area contributed by atoms with Gasteiger partial charge in [-0.25, -0.2) is 4.39 Å². The van der Waals surface area contributed by atoms with E-state index in [-0.39, 0.29) is 36.1 Å². The van der Waals surface area contributed by atoms with Crippen molar-refractivity contribution in [3.05, 3.63) is 125 Å². The van der Waals surface area contributed by atoms with Crippen molar-refractivity contribution in [2.75, 3.05) is 21.3 Å². The first-order valence-electron chi connectivity index (χ1n) is 13.6. The Kier molecular flexibility index (Phi) is 13.1. The van der Waals surface area contributed by atoms with Gasteiger partial charge in [0.2, 0.25) is 0 Å². The number of oxime groups is 2. The molecule has 0 unspecified atom stereocenters. The molecule has 0 saturated carbocycles. The minimum Gasteiger partial charge on any atom is -0.493 e. The molecule has 0 aliphatic carbocycles. The summed E-state index contributed by atoms with van der Waals surface area (Å²) in [4.78, 5) is 9.27. The van der Waals surface area contributed by atoms with Crippen LogP contribution in [0.4, 0.5) is 17.6 Å². The maximum absolute atomic E-state index is 13.9. The van der Waals surface area contributed by atoms with Gasteiger partial charge in [-0.3, -0.25) is 0 Å². The SMILES string of the molecule is CON=C(C#N)c1ccccc1COc1c(F)cccc1OC.CON=C(C#N)c1ccccc1COc1ccccc1C(F)(F)F. The Hall–Kier alpha value is -6.08. The average Bonchev–Trinajstić information content (AvgIpc) is 3.08. The molecule has 13 heteroatoms. The molecule has 0 saturated heterocycles. The molecule has 0 heterocycles. The van der Waals surface area contributed by atoms with Crippen molar-refractivity contribution >= 4 is 11.4 Å². The first-order valence-corrected chi connectivity index (χ1v) is 13.6. The van der Waals surface area contributed by atoms with Crippen molar-refractivity contribution in [3.63, 3.8) is 0 Å². The van der Waals surface area contributed by atoms with Crippen molar-refractivity contribution in [3.8, 4) is 29.4 Å². The van der Waals surface area contributed by atoms with E-state index in [0.29, 0.717) is 28.0 Å². The summed E-state index contributed by atoms with van der Waals surface area (Å²) in [5.41, 5.74) is 1.47. The molecule has 0 spiro atoms. The number of alkyl halides is 3.